The normalized spacial score (nSPS) is 16.9. The van der Waals surface area contributed by atoms with Crippen LogP contribution < -0.4 is 14.8 Å². The minimum atomic E-state index is -0.666. The molecule has 25 heavy (non-hydrogen) atoms. The molecule has 2 atom stereocenters. The minimum absolute atomic E-state index is 0.184. The number of nitrogens with one attached hydrogen (secondary N) is 1. The average Bonchev–Trinajstić information content (AvgIpc) is 3.20. The molecule has 4 nitrogen and oxygen atoms in total. The maximum absolute atomic E-state index is 12.8. The van der Waals surface area contributed by atoms with E-state index >= 15 is 0 Å². The maximum atomic E-state index is 12.8. The second kappa shape index (κ2) is 6.99. The summed E-state index contributed by atoms with van der Waals surface area (Å²) in [5.74, 6) is 1.09. The van der Waals surface area contributed by atoms with Gasteiger partial charge in [-0.2, -0.15) is 0 Å². The summed E-state index contributed by atoms with van der Waals surface area (Å²) in [4.78, 5) is 13.9. The highest BCUT2D eigenvalue weighted by Gasteiger charge is 2.29. The molecule has 1 aliphatic heterocycles. The van der Waals surface area contributed by atoms with Gasteiger partial charge in [0.15, 0.2) is 11.5 Å². The Balaban J connectivity index is 1.54. The molecule has 126 valence electrons. The Morgan fingerprint density at radius 1 is 1.00 bits per heavy atom. The molecule has 0 unspecified atom stereocenters. The summed E-state index contributed by atoms with van der Waals surface area (Å²) in [6, 6.07) is 21.1. The second-order valence-corrected chi connectivity index (χ2v) is 6.71. The number of benzene rings is 2. The molecule has 1 aliphatic rings. The van der Waals surface area contributed by atoms with E-state index in [1.807, 2.05) is 72.1 Å². The van der Waals surface area contributed by atoms with Gasteiger partial charge in [-0.3, -0.25) is 4.79 Å². The second-order valence-electron chi connectivity index (χ2n) is 5.73. The number of rotatable bonds is 4. The van der Waals surface area contributed by atoms with Crippen molar-refractivity contribution in [3.8, 4) is 11.5 Å². The molecule has 1 aromatic heterocycles. The van der Waals surface area contributed by atoms with Gasteiger partial charge in [-0.25, -0.2) is 0 Å². The van der Waals surface area contributed by atoms with Crippen LogP contribution >= 0.6 is 11.3 Å². The zero-order valence-electron chi connectivity index (χ0n) is 13.4. The molecule has 3 aromatic rings. The molecular formula is C20H17NO3S. The molecule has 0 spiro atoms. The SMILES string of the molecule is O=C(N[C@@H](c1ccccc1)c1cccs1)[C@@H]1COc2ccccc2O1. The third-order valence-electron chi connectivity index (χ3n) is 4.05. The standard InChI is InChI=1S/C20H17NO3S/c22-20(17-13-23-15-9-4-5-10-16(15)24-17)21-19(18-11-6-12-25-18)14-7-2-1-3-8-14/h1-12,17,19H,13H2,(H,21,22)/t17-,19-/m0/s1. The number of hydrogen-bond acceptors (Lipinski definition) is 4. The molecule has 4 rings (SSSR count). The van der Waals surface area contributed by atoms with Crippen LogP contribution in [0.5, 0.6) is 11.5 Å². The molecule has 2 heterocycles. The first-order valence-corrected chi connectivity index (χ1v) is 8.96. The molecule has 0 saturated carbocycles. The van der Waals surface area contributed by atoms with Crippen LogP contribution in [0, 0.1) is 0 Å². The summed E-state index contributed by atoms with van der Waals surface area (Å²) >= 11 is 1.62. The van der Waals surface area contributed by atoms with Gasteiger partial charge in [-0.15, -0.1) is 11.3 Å². The lowest BCUT2D eigenvalue weighted by atomic mass is 10.0. The Hall–Kier alpha value is -2.79. The van der Waals surface area contributed by atoms with Crippen molar-refractivity contribution >= 4 is 17.2 Å². The lowest BCUT2D eigenvalue weighted by molar-refractivity contribution is -0.130. The topological polar surface area (TPSA) is 47.6 Å². The fourth-order valence-electron chi connectivity index (χ4n) is 2.80. The van der Waals surface area contributed by atoms with Crippen LogP contribution in [0.1, 0.15) is 16.5 Å². The van der Waals surface area contributed by atoms with E-state index in [-0.39, 0.29) is 18.6 Å². The highest BCUT2D eigenvalue weighted by molar-refractivity contribution is 7.10. The van der Waals surface area contributed by atoms with Crippen LogP contribution in [0.15, 0.2) is 72.1 Å². The summed E-state index contributed by atoms with van der Waals surface area (Å²) in [5, 5.41) is 5.11. The van der Waals surface area contributed by atoms with Crippen LogP contribution in [-0.4, -0.2) is 18.6 Å². The quantitative estimate of drug-likeness (QED) is 0.778. The highest BCUT2D eigenvalue weighted by atomic mass is 32.1. The van der Waals surface area contributed by atoms with E-state index < -0.39 is 6.10 Å². The molecule has 0 radical (unpaired) electrons. The number of ether oxygens (including phenoxy) is 2. The number of thiophene rings is 1. The van der Waals surface area contributed by atoms with Gasteiger partial charge in [0.25, 0.3) is 5.91 Å². The predicted molar refractivity (Wildman–Crippen MR) is 97.1 cm³/mol. The number of carbonyl (C=O) groups is 1. The van der Waals surface area contributed by atoms with Crippen molar-refractivity contribution in [2.75, 3.05) is 6.61 Å². The number of fused-ring (bicyclic) bond motifs is 1. The van der Waals surface area contributed by atoms with Crippen molar-refractivity contribution in [1.29, 1.82) is 0 Å². The van der Waals surface area contributed by atoms with Crippen LogP contribution in [-0.2, 0) is 4.79 Å². The number of carbonyl (C=O) groups excluding carboxylic acids is 1. The first-order valence-electron chi connectivity index (χ1n) is 8.08. The largest absolute Gasteiger partial charge is 0.485 e. The molecule has 0 fully saturated rings. The molecule has 5 heteroatoms. The summed E-state index contributed by atoms with van der Waals surface area (Å²) in [6.45, 7) is 0.203. The lowest BCUT2D eigenvalue weighted by Gasteiger charge is -2.27. The summed E-state index contributed by atoms with van der Waals surface area (Å²) in [6.07, 6.45) is -0.666. The molecule has 1 N–H and O–H groups in total. The van der Waals surface area contributed by atoms with Crippen LogP contribution in [0.4, 0.5) is 0 Å². The molecule has 0 bridgehead atoms. The van der Waals surface area contributed by atoms with Gasteiger partial charge in [0.2, 0.25) is 6.10 Å². The first kappa shape index (κ1) is 15.7. The fraction of sp³-hybridized carbons (Fsp3) is 0.150. The number of amides is 1. The molecule has 2 aromatic carbocycles. The van der Waals surface area contributed by atoms with Gasteiger partial charge < -0.3 is 14.8 Å². The zero-order valence-corrected chi connectivity index (χ0v) is 14.2. The van der Waals surface area contributed by atoms with Crippen molar-refractivity contribution < 1.29 is 14.3 Å². The van der Waals surface area contributed by atoms with E-state index in [0.717, 1.165) is 10.4 Å². The first-order chi connectivity index (χ1) is 12.3. The minimum Gasteiger partial charge on any atom is -0.485 e. The van der Waals surface area contributed by atoms with Gasteiger partial charge in [-0.1, -0.05) is 48.5 Å². The van der Waals surface area contributed by atoms with Crippen LogP contribution in [0.2, 0.25) is 0 Å². The van der Waals surface area contributed by atoms with Gasteiger partial charge in [0, 0.05) is 4.88 Å². The Labute approximate surface area is 150 Å². The third-order valence-corrected chi connectivity index (χ3v) is 4.99. The highest BCUT2D eigenvalue weighted by Crippen LogP contribution is 2.31. The lowest BCUT2D eigenvalue weighted by Crippen LogP contribution is -2.45. The third kappa shape index (κ3) is 3.37. The fourth-order valence-corrected chi connectivity index (χ4v) is 3.61. The molecular weight excluding hydrogens is 334 g/mol. The van der Waals surface area contributed by atoms with E-state index in [0.29, 0.717) is 11.5 Å². The molecule has 1 amide bonds. The van der Waals surface area contributed by atoms with Crippen LogP contribution in [0.25, 0.3) is 0 Å². The van der Waals surface area contributed by atoms with Crippen molar-refractivity contribution in [2.45, 2.75) is 12.1 Å². The molecule has 0 aliphatic carbocycles. The van der Waals surface area contributed by atoms with Crippen molar-refractivity contribution in [1.82, 2.24) is 5.32 Å². The van der Waals surface area contributed by atoms with Crippen molar-refractivity contribution in [3.05, 3.63) is 82.6 Å². The predicted octanol–water partition coefficient (Wildman–Crippen LogP) is 3.79. The van der Waals surface area contributed by atoms with Crippen molar-refractivity contribution in [3.63, 3.8) is 0 Å². The number of para-hydroxylation sites is 2. The summed E-state index contributed by atoms with van der Waals surface area (Å²) in [7, 11) is 0. The Morgan fingerprint density at radius 2 is 1.76 bits per heavy atom. The summed E-state index contributed by atoms with van der Waals surface area (Å²) < 4.78 is 11.5. The summed E-state index contributed by atoms with van der Waals surface area (Å²) in [5.41, 5.74) is 1.04. The number of hydrogen-bond donors (Lipinski definition) is 1. The van der Waals surface area contributed by atoms with Gasteiger partial charge >= 0.3 is 0 Å². The van der Waals surface area contributed by atoms with Crippen LogP contribution in [0.3, 0.4) is 0 Å². The monoisotopic (exact) mass is 351 g/mol. The van der Waals surface area contributed by atoms with E-state index in [9.17, 15) is 4.79 Å². The Morgan fingerprint density at radius 3 is 2.52 bits per heavy atom. The maximum Gasteiger partial charge on any atom is 0.265 e. The van der Waals surface area contributed by atoms with E-state index in [1.165, 1.54) is 0 Å². The van der Waals surface area contributed by atoms with Crippen molar-refractivity contribution in [2.24, 2.45) is 0 Å². The van der Waals surface area contributed by atoms with Gasteiger partial charge in [-0.05, 0) is 29.1 Å². The van der Waals surface area contributed by atoms with E-state index in [2.05, 4.69) is 5.32 Å². The molecule has 0 saturated heterocycles. The van der Waals surface area contributed by atoms with E-state index in [4.69, 9.17) is 9.47 Å². The zero-order chi connectivity index (χ0) is 17.1. The van der Waals surface area contributed by atoms with E-state index in [1.54, 1.807) is 11.3 Å². The Kier molecular flexibility index (Phi) is 4.39. The smallest absolute Gasteiger partial charge is 0.265 e. The average molecular weight is 351 g/mol. The van der Waals surface area contributed by atoms with Gasteiger partial charge in [0.05, 0.1) is 6.04 Å². The Bertz CT molecular complexity index is 848. The van der Waals surface area contributed by atoms with Gasteiger partial charge in [0.1, 0.15) is 6.61 Å².